The molecular formula is C15H16N2. The van der Waals surface area contributed by atoms with Crippen molar-refractivity contribution in [1.29, 1.82) is 0 Å². The van der Waals surface area contributed by atoms with E-state index in [2.05, 4.69) is 34.6 Å². The Morgan fingerprint density at radius 3 is 2.65 bits per heavy atom. The topological polar surface area (TPSA) is 24.9 Å². The predicted octanol–water partition coefficient (Wildman–Crippen LogP) is 3.00. The highest BCUT2D eigenvalue weighted by molar-refractivity contribution is 5.63. The molecule has 0 saturated heterocycles. The van der Waals surface area contributed by atoms with E-state index in [4.69, 9.17) is 0 Å². The van der Waals surface area contributed by atoms with E-state index in [-0.39, 0.29) is 0 Å². The molecule has 1 aromatic carbocycles. The van der Waals surface area contributed by atoms with E-state index < -0.39 is 0 Å². The Hall–Kier alpha value is -1.67. The normalized spacial score (nSPS) is 14.8. The molecule has 1 aliphatic rings. The number of aromatic nitrogens is 1. The van der Waals surface area contributed by atoms with Crippen LogP contribution in [0.5, 0.6) is 0 Å². The lowest BCUT2D eigenvalue weighted by Crippen LogP contribution is -2.15. The Morgan fingerprint density at radius 1 is 1.06 bits per heavy atom. The third-order valence-electron chi connectivity index (χ3n) is 3.11. The van der Waals surface area contributed by atoms with Crippen molar-refractivity contribution in [3.05, 3.63) is 54.4 Å². The van der Waals surface area contributed by atoms with Crippen LogP contribution in [-0.4, -0.2) is 11.0 Å². The fraction of sp³-hybridized carbons (Fsp3) is 0.267. The van der Waals surface area contributed by atoms with Crippen LogP contribution in [0.3, 0.4) is 0 Å². The standard InChI is InChI=1S/C15H16N2/c1-2-12(11-17-15-4-5-15)10-14(3-1)13-6-8-16-9-7-13/h1-3,6-10,15,17H,4-5,11H2. The molecule has 2 nitrogen and oxygen atoms in total. The zero-order valence-electron chi connectivity index (χ0n) is 9.76. The van der Waals surface area contributed by atoms with E-state index in [0.29, 0.717) is 0 Å². The second kappa shape index (κ2) is 4.68. The van der Waals surface area contributed by atoms with Crippen molar-refractivity contribution in [3.63, 3.8) is 0 Å². The van der Waals surface area contributed by atoms with E-state index in [1.54, 1.807) is 0 Å². The minimum absolute atomic E-state index is 0.764. The summed E-state index contributed by atoms with van der Waals surface area (Å²) in [6, 6.07) is 13.6. The smallest absolute Gasteiger partial charge is 0.0273 e. The van der Waals surface area contributed by atoms with Crippen molar-refractivity contribution < 1.29 is 0 Å². The molecule has 0 unspecified atom stereocenters. The quantitative estimate of drug-likeness (QED) is 0.863. The lowest BCUT2D eigenvalue weighted by atomic mass is 10.0. The fourth-order valence-electron chi connectivity index (χ4n) is 1.95. The number of benzene rings is 1. The molecule has 86 valence electrons. The highest BCUT2D eigenvalue weighted by Gasteiger charge is 2.19. The van der Waals surface area contributed by atoms with E-state index in [1.807, 2.05) is 24.5 Å². The van der Waals surface area contributed by atoms with Gasteiger partial charge < -0.3 is 5.32 Å². The molecular weight excluding hydrogens is 208 g/mol. The first-order valence-corrected chi connectivity index (χ1v) is 6.14. The van der Waals surface area contributed by atoms with Gasteiger partial charge in [-0.2, -0.15) is 0 Å². The molecule has 0 bridgehead atoms. The van der Waals surface area contributed by atoms with E-state index in [9.17, 15) is 0 Å². The van der Waals surface area contributed by atoms with Crippen LogP contribution in [0.2, 0.25) is 0 Å². The van der Waals surface area contributed by atoms with Crippen LogP contribution in [-0.2, 0) is 6.54 Å². The Kier molecular flexibility index (Phi) is 2.88. The third kappa shape index (κ3) is 2.71. The van der Waals surface area contributed by atoms with Crippen molar-refractivity contribution >= 4 is 0 Å². The Bertz CT molecular complexity index is 489. The van der Waals surface area contributed by atoms with Crippen LogP contribution in [0.1, 0.15) is 18.4 Å². The van der Waals surface area contributed by atoms with Crippen molar-refractivity contribution in [2.75, 3.05) is 0 Å². The van der Waals surface area contributed by atoms with Gasteiger partial charge in [0, 0.05) is 25.0 Å². The molecule has 3 rings (SSSR count). The van der Waals surface area contributed by atoms with Crippen molar-refractivity contribution in [2.24, 2.45) is 0 Å². The Labute approximate surface area is 102 Å². The van der Waals surface area contributed by atoms with Gasteiger partial charge in [0.05, 0.1) is 0 Å². The molecule has 1 aromatic heterocycles. The van der Waals surface area contributed by atoms with Crippen LogP contribution in [0, 0.1) is 0 Å². The molecule has 1 aliphatic carbocycles. The molecule has 0 atom stereocenters. The lowest BCUT2D eigenvalue weighted by Gasteiger charge is -2.06. The number of hydrogen-bond acceptors (Lipinski definition) is 2. The number of nitrogens with zero attached hydrogens (tertiary/aromatic N) is 1. The predicted molar refractivity (Wildman–Crippen MR) is 69.5 cm³/mol. The SMILES string of the molecule is c1cc(CNC2CC2)cc(-c2ccncc2)c1. The summed E-state index contributed by atoms with van der Waals surface area (Å²) in [5.41, 5.74) is 3.85. The zero-order valence-corrected chi connectivity index (χ0v) is 9.76. The largest absolute Gasteiger partial charge is 0.310 e. The maximum absolute atomic E-state index is 4.05. The first kappa shape index (κ1) is 10.5. The average Bonchev–Trinajstić information content (AvgIpc) is 3.22. The van der Waals surface area contributed by atoms with Gasteiger partial charge in [-0.15, -0.1) is 0 Å². The zero-order chi connectivity index (χ0) is 11.5. The van der Waals surface area contributed by atoms with E-state index >= 15 is 0 Å². The van der Waals surface area contributed by atoms with Gasteiger partial charge in [0.1, 0.15) is 0 Å². The highest BCUT2D eigenvalue weighted by atomic mass is 14.9. The van der Waals surface area contributed by atoms with Crippen LogP contribution in [0.15, 0.2) is 48.8 Å². The molecule has 0 aliphatic heterocycles. The molecule has 1 saturated carbocycles. The molecule has 1 heterocycles. The summed E-state index contributed by atoms with van der Waals surface area (Å²) in [6.45, 7) is 0.976. The Morgan fingerprint density at radius 2 is 1.88 bits per heavy atom. The van der Waals surface area contributed by atoms with Gasteiger partial charge in [-0.25, -0.2) is 0 Å². The minimum Gasteiger partial charge on any atom is -0.310 e. The summed E-state index contributed by atoms with van der Waals surface area (Å²) >= 11 is 0. The maximum Gasteiger partial charge on any atom is 0.0273 e. The van der Waals surface area contributed by atoms with E-state index in [0.717, 1.165) is 12.6 Å². The summed E-state index contributed by atoms with van der Waals surface area (Å²) in [4.78, 5) is 4.05. The van der Waals surface area contributed by atoms with Crippen LogP contribution in [0.4, 0.5) is 0 Å². The van der Waals surface area contributed by atoms with E-state index in [1.165, 1.54) is 29.5 Å². The molecule has 0 spiro atoms. The average molecular weight is 224 g/mol. The molecule has 17 heavy (non-hydrogen) atoms. The van der Waals surface area contributed by atoms with Crippen molar-refractivity contribution in [3.8, 4) is 11.1 Å². The van der Waals surface area contributed by atoms with Gasteiger partial charge in [-0.3, -0.25) is 4.98 Å². The molecule has 0 amide bonds. The molecule has 1 N–H and O–H groups in total. The van der Waals surface area contributed by atoms with Gasteiger partial charge in [0.2, 0.25) is 0 Å². The van der Waals surface area contributed by atoms with Crippen LogP contribution in [0.25, 0.3) is 11.1 Å². The maximum atomic E-state index is 4.05. The summed E-state index contributed by atoms with van der Waals surface area (Å²) in [6.07, 6.45) is 6.35. The number of pyridine rings is 1. The highest BCUT2D eigenvalue weighted by Crippen LogP contribution is 2.21. The number of nitrogens with one attached hydrogen (secondary N) is 1. The third-order valence-corrected chi connectivity index (χ3v) is 3.11. The van der Waals surface area contributed by atoms with Crippen molar-refractivity contribution in [1.82, 2.24) is 10.3 Å². The summed E-state index contributed by atoms with van der Waals surface area (Å²) in [5.74, 6) is 0. The summed E-state index contributed by atoms with van der Waals surface area (Å²) < 4.78 is 0. The number of rotatable bonds is 4. The molecule has 2 aromatic rings. The fourth-order valence-corrected chi connectivity index (χ4v) is 1.95. The second-order valence-electron chi connectivity index (χ2n) is 4.59. The first-order chi connectivity index (χ1) is 8.42. The van der Waals surface area contributed by atoms with Gasteiger partial charge in [0.25, 0.3) is 0 Å². The monoisotopic (exact) mass is 224 g/mol. The summed E-state index contributed by atoms with van der Waals surface area (Å²) in [7, 11) is 0. The first-order valence-electron chi connectivity index (χ1n) is 6.14. The Balaban J connectivity index is 1.78. The van der Waals surface area contributed by atoms with Gasteiger partial charge in [-0.1, -0.05) is 18.2 Å². The van der Waals surface area contributed by atoms with Gasteiger partial charge >= 0.3 is 0 Å². The van der Waals surface area contributed by atoms with Gasteiger partial charge in [-0.05, 0) is 47.7 Å². The molecule has 0 radical (unpaired) electrons. The van der Waals surface area contributed by atoms with Crippen molar-refractivity contribution in [2.45, 2.75) is 25.4 Å². The minimum atomic E-state index is 0.764. The molecule has 1 fully saturated rings. The van der Waals surface area contributed by atoms with Crippen LogP contribution >= 0.6 is 0 Å². The second-order valence-corrected chi connectivity index (χ2v) is 4.59. The molecule has 2 heteroatoms. The van der Waals surface area contributed by atoms with Crippen LogP contribution < -0.4 is 5.32 Å². The van der Waals surface area contributed by atoms with Gasteiger partial charge in [0.15, 0.2) is 0 Å². The lowest BCUT2D eigenvalue weighted by molar-refractivity contribution is 0.688. The number of hydrogen-bond donors (Lipinski definition) is 1. The summed E-state index contributed by atoms with van der Waals surface area (Å²) in [5, 5.41) is 3.54.